The first-order chi connectivity index (χ1) is 6.43. The number of aromatic nitrogens is 1. The van der Waals surface area contributed by atoms with Gasteiger partial charge < -0.3 is 5.73 Å². The number of hydrogen-bond acceptors (Lipinski definition) is 2. The van der Waals surface area contributed by atoms with E-state index in [0.29, 0.717) is 6.07 Å². The lowest BCUT2D eigenvalue weighted by Crippen LogP contribution is -2.16. The third kappa shape index (κ3) is 1.95. The van der Waals surface area contributed by atoms with Crippen molar-refractivity contribution in [2.24, 2.45) is 5.73 Å². The van der Waals surface area contributed by atoms with Crippen LogP contribution in [-0.2, 0) is 0 Å². The van der Waals surface area contributed by atoms with Gasteiger partial charge >= 0.3 is 0 Å². The van der Waals surface area contributed by atoms with E-state index in [2.05, 4.69) is 4.98 Å². The predicted octanol–water partition coefficient (Wildman–Crippen LogP) is 1.91. The summed E-state index contributed by atoms with van der Waals surface area (Å²) in [6, 6.07) is 0.541. The molecule has 1 heterocycles. The highest BCUT2D eigenvalue weighted by molar-refractivity contribution is 6.29. The maximum atomic E-state index is 12.7. The molecular formula is C7H4ClF3N2O. The summed E-state index contributed by atoms with van der Waals surface area (Å²) in [5.74, 6) is -2.24. The molecule has 0 spiro atoms. The number of pyridine rings is 1. The van der Waals surface area contributed by atoms with Crippen LogP contribution in [0.5, 0.6) is 0 Å². The molecule has 1 rings (SSSR count). The summed E-state index contributed by atoms with van der Waals surface area (Å²) in [5.41, 5.74) is 3.17. The fraction of sp³-hybridized carbons (Fsp3) is 0.143. The number of rotatable bonds is 2. The largest absolute Gasteiger partial charge is 0.366 e. The molecule has 0 aliphatic carbocycles. The van der Waals surface area contributed by atoms with Gasteiger partial charge in [0.25, 0.3) is 12.3 Å². The number of halogens is 4. The monoisotopic (exact) mass is 224 g/mol. The Labute approximate surface area is 81.7 Å². The van der Waals surface area contributed by atoms with E-state index < -0.39 is 34.6 Å². The highest BCUT2D eigenvalue weighted by atomic mass is 35.5. The van der Waals surface area contributed by atoms with Crippen LogP contribution in [0.3, 0.4) is 0 Å². The molecule has 0 saturated heterocycles. The van der Waals surface area contributed by atoms with Gasteiger partial charge in [-0.15, -0.1) is 0 Å². The second-order valence-electron chi connectivity index (χ2n) is 2.36. The lowest BCUT2D eigenvalue weighted by Gasteiger charge is -2.05. The minimum atomic E-state index is -3.03. The van der Waals surface area contributed by atoms with E-state index in [1.165, 1.54) is 0 Å². The first kappa shape index (κ1) is 10.8. The van der Waals surface area contributed by atoms with Crippen LogP contribution in [-0.4, -0.2) is 10.9 Å². The van der Waals surface area contributed by atoms with Gasteiger partial charge in [-0.25, -0.2) is 18.2 Å². The molecule has 1 aromatic rings. The molecule has 0 bridgehead atoms. The fourth-order valence-corrected chi connectivity index (χ4v) is 0.989. The molecule has 0 aliphatic rings. The van der Waals surface area contributed by atoms with E-state index in [4.69, 9.17) is 17.3 Å². The van der Waals surface area contributed by atoms with E-state index in [0.717, 1.165) is 0 Å². The lowest BCUT2D eigenvalue weighted by molar-refractivity contribution is 0.0982. The normalized spacial score (nSPS) is 10.6. The summed E-state index contributed by atoms with van der Waals surface area (Å²) in [6.45, 7) is 0. The van der Waals surface area contributed by atoms with Crippen molar-refractivity contribution in [2.75, 3.05) is 0 Å². The Hall–Kier alpha value is -1.30. The number of nitrogens with two attached hydrogens (primary N) is 1. The van der Waals surface area contributed by atoms with Gasteiger partial charge in [-0.3, -0.25) is 4.79 Å². The second-order valence-corrected chi connectivity index (χ2v) is 2.72. The average molecular weight is 225 g/mol. The minimum Gasteiger partial charge on any atom is -0.366 e. The molecule has 2 N–H and O–H groups in total. The molecule has 76 valence electrons. The Balaban J connectivity index is 3.39. The van der Waals surface area contributed by atoms with E-state index in [1.807, 2.05) is 0 Å². The highest BCUT2D eigenvalue weighted by Crippen LogP contribution is 2.24. The van der Waals surface area contributed by atoms with Crippen LogP contribution in [0, 0.1) is 5.82 Å². The van der Waals surface area contributed by atoms with Crippen LogP contribution in [0.25, 0.3) is 0 Å². The van der Waals surface area contributed by atoms with Crippen LogP contribution in [0.4, 0.5) is 13.2 Å². The number of primary amides is 1. The van der Waals surface area contributed by atoms with Crippen molar-refractivity contribution in [3.8, 4) is 0 Å². The average Bonchev–Trinajstić information content (AvgIpc) is 2.08. The molecule has 0 radical (unpaired) electrons. The van der Waals surface area contributed by atoms with Crippen molar-refractivity contribution in [1.82, 2.24) is 4.98 Å². The molecule has 3 nitrogen and oxygen atoms in total. The SMILES string of the molecule is NC(=O)c1cc(F)c(Cl)nc1C(F)F. The zero-order valence-corrected chi connectivity index (χ0v) is 7.36. The number of carbonyl (C=O) groups excluding carboxylic acids is 1. The molecule has 0 aromatic carbocycles. The summed E-state index contributed by atoms with van der Waals surface area (Å²) in [7, 11) is 0. The molecule has 7 heteroatoms. The van der Waals surface area contributed by atoms with Crippen molar-refractivity contribution in [2.45, 2.75) is 6.43 Å². The highest BCUT2D eigenvalue weighted by Gasteiger charge is 2.21. The van der Waals surface area contributed by atoms with E-state index >= 15 is 0 Å². The number of amides is 1. The number of hydrogen-bond donors (Lipinski definition) is 1. The smallest absolute Gasteiger partial charge is 0.281 e. The molecule has 0 aliphatic heterocycles. The van der Waals surface area contributed by atoms with Gasteiger partial charge in [0.1, 0.15) is 5.69 Å². The summed E-state index contributed by atoms with van der Waals surface area (Å²) in [4.78, 5) is 13.7. The lowest BCUT2D eigenvalue weighted by atomic mass is 10.2. The Bertz CT molecular complexity index is 383. The first-order valence-electron chi connectivity index (χ1n) is 3.37. The van der Waals surface area contributed by atoms with Crippen molar-refractivity contribution in [1.29, 1.82) is 0 Å². The summed E-state index contributed by atoms with van der Waals surface area (Å²) in [5, 5.41) is -0.717. The quantitative estimate of drug-likeness (QED) is 0.780. The van der Waals surface area contributed by atoms with Gasteiger partial charge in [-0.05, 0) is 6.07 Å². The molecule has 0 fully saturated rings. The van der Waals surface area contributed by atoms with Crippen molar-refractivity contribution < 1.29 is 18.0 Å². The van der Waals surface area contributed by atoms with Gasteiger partial charge in [0.15, 0.2) is 11.0 Å². The Morgan fingerprint density at radius 3 is 2.57 bits per heavy atom. The molecule has 1 aromatic heterocycles. The predicted molar refractivity (Wildman–Crippen MR) is 42.7 cm³/mol. The topological polar surface area (TPSA) is 56.0 Å². The first-order valence-corrected chi connectivity index (χ1v) is 3.75. The zero-order chi connectivity index (χ0) is 10.9. The molecule has 0 atom stereocenters. The van der Waals surface area contributed by atoms with Gasteiger partial charge in [0.2, 0.25) is 0 Å². The second kappa shape index (κ2) is 3.83. The molecular weight excluding hydrogens is 221 g/mol. The summed E-state index contributed by atoms with van der Waals surface area (Å²) in [6.07, 6.45) is -3.03. The Kier molecular flexibility index (Phi) is 2.95. The van der Waals surface area contributed by atoms with Gasteiger partial charge in [0, 0.05) is 0 Å². The van der Waals surface area contributed by atoms with Crippen LogP contribution >= 0.6 is 11.6 Å². The van der Waals surface area contributed by atoms with Crippen molar-refractivity contribution in [3.05, 3.63) is 28.3 Å². The van der Waals surface area contributed by atoms with Gasteiger partial charge in [-0.1, -0.05) is 11.6 Å². The number of nitrogens with zero attached hydrogens (tertiary/aromatic N) is 1. The van der Waals surface area contributed by atoms with Crippen LogP contribution in [0.2, 0.25) is 5.15 Å². The Morgan fingerprint density at radius 2 is 2.14 bits per heavy atom. The number of carbonyl (C=O) groups is 1. The van der Waals surface area contributed by atoms with E-state index in [9.17, 15) is 18.0 Å². The van der Waals surface area contributed by atoms with Crippen LogP contribution < -0.4 is 5.73 Å². The summed E-state index contributed by atoms with van der Waals surface area (Å²) >= 11 is 5.16. The number of alkyl halides is 2. The minimum absolute atomic E-state index is 0.541. The van der Waals surface area contributed by atoms with E-state index in [1.54, 1.807) is 0 Å². The van der Waals surface area contributed by atoms with Crippen LogP contribution in [0.1, 0.15) is 22.5 Å². The standard InChI is InChI=1S/C7H4ClF3N2O/c8-5-3(9)1-2(7(12)14)4(13-5)6(10)11/h1,6H,(H2,12,14). The van der Waals surface area contributed by atoms with Crippen molar-refractivity contribution in [3.63, 3.8) is 0 Å². The van der Waals surface area contributed by atoms with E-state index in [-0.39, 0.29) is 0 Å². The van der Waals surface area contributed by atoms with Crippen LogP contribution in [0.15, 0.2) is 6.07 Å². The maximum Gasteiger partial charge on any atom is 0.281 e. The Morgan fingerprint density at radius 1 is 1.57 bits per heavy atom. The van der Waals surface area contributed by atoms with Gasteiger partial charge in [-0.2, -0.15) is 0 Å². The molecule has 1 amide bonds. The fourth-order valence-electron chi connectivity index (χ4n) is 0.843. The third-order valence-corrected chi connectivity index (χ3v) is 1.70. The summed E-state index contributed by atoms with van der Waals surface area (Å²) < 4.78 is 37.2. The molecule has 0 unspecified atom stereocenters. The van der Waals surface area contributed by atoms with Crippen molar-refractivity contribution >= 4 is 17.5 Å². The zero-order valence-electron chi connectivity index (χ0n) is 6.60. The molecule has 0 saturated carbocycles. The molecule has 14 heavy (non-hydrogen) atoms. The van der Waals surface area contributed by atoms with Gasteiger partial charge in [0.05, 0.1) is 5.56 Å². The third-order valence-electron chi connectivity index (χ3n) is 1.43. The maximum absolute atomic E-state index is 12.7.